The summed E-state index contributed by atoms with van der Waals surface area (Å²) in [4.78, 5) is 21.9. The molecule has 1 rings (SSSR count). The van der Waals surface area contributed by atoms with Gasteiger partial charge in [-0.05, 0) is 13.3 Å². The maximum atomic E-state index is 10.7. The summed E-state index contributed by atoms with van der Waals surface area (Å²) in [5, 5.41) is 0. The van der Waals surface area contributed by atoms with Gasteiger partial charge in [-0.1, -0.05) is 0 Å². The van der Waals surface area contributed by atoms with Crippen LogP contribution in [0.15, 0.2) is 0 Å². The molecule has 1 atom stereocenters. The van der Waals surface area contributed by atoms with E-state index in [1.807, 2.05) is 6.92 Å². The number of carbonyl (C=O) groups is 2. The summed E-state index contributed by atoms with van der Waals surface area (Å²) in [6, 6.07) is 0.229. The Balaban J connectivity index is 2.34. The second kappa shape index (κ2) is 2.68. The molecule has 1 heterocycles. The topological polar surface area (TPSA) is 46.6 Å². The first-order chi connectivity index (χ1) is 4.75. The molecule has 1 unspecified atom stereocenters. The first-order valence-corrected chi connectivity index (χ1v) is 3.16. The zero-order chi connectivity index (χ0) is 7.56. The molecule has 1 aliphatic rings. The van der Waals surface area contributed by atoms with Gasteiger partial charge >= 0.3 is 12.6 Å². The molecule has 0 saturated carbocycles. The van der Waals surface area contributed by atoms with Crippen LogP contribution < -0.4 is 0 Å². The van der Waals surface area contributed by atoms with Crippen LogP contribution in [0.1, 0.15) is 13.3 Å². The van der Waals surface area contributed by atoms with Crippen LogP contribution in [0.2, 0.25) is 0 Å². The minimum Gasteiger partial charge on any atom is -0.379 e. The van der Waals surface area contributed by atoms with Gasteiger partial charge in [0.15, 0.2) is 0 Å². The fourth-order valence-electron chi connectivity index (χ4n) is 0.896. The van der Waals surface area contributed by atoms with Crippen LogP contribution in [0, 0.1) is 0 Å². The fraction of sp³-hybridized carbons (Fsp3) is 0.667. The van der Waals surface area contributed by atoms with Crippen molar-refractivity contribution in [3.8, 4) is 0 Å². The normalized spacial score (nSPS) is 23.3. The van der Waals surface area contributed by atoms with Crippen molar-refractivity contribution in [2.45, 2.75) is 19.4 Å². The van der Waals surface area contributed by atoms with Crippen LogP contribution in [0.3, 0.4) is 0 Å². The number of amides is 1. The third kappa shape index (κ3) is 1.10. The Hall–Kier alpha value is -1.06. The molecule has 0 aromatic heterocycles. The maximum absolute atomic E-state index is 10.7. The predicted octanol–water partition coefficient (Wildman–Crippen LogP) is 0.374. The highest BCUT2D eigenvalue weighted by Crippen LogP contribution is 2.16. The van der Waals surface area contributed by atoms with Crippen molar-refractivity contribution in [1.29, 1.82) is 0 Å². The van der Waals surface area contributed by atoms with Gasteiger partial charge in [0, 0.05) is 12.6 Å². The van der Waals surface area contributed by atoms with Crippen molar-refractivity contribution < 1.29 is 14.3 Å². The zero-order valence-corrected chi connectivity index (χ0v) is 5.74. The fourth-order valence-corrected chi connectivity index (χ4v) is 0.896. The van der Waals surface area contributed by atoms with Crippen LogP contribution in [0.5, 0.6) is 0 Å². The minimum absolute atomic E-state index is 0.160. The molecule has 1 fully saturated rings. The van der Waals surface area contributed by atoms with Crippen LogP contribution in [0.4, 0.5) is 4.79 Å². The Morgan fingerprint density at radius 2 is 2.50 bits per heavy atom. The second-order valence-corrected chi connectivity index (χ2v) is 2.31. The van der Waals surface area contributed by atoms with E-state index in [1.54, 1.807) is 0 Å². The molecule has 0 aliphatic carbocycles. The molecule has 56 valence electrons. The third-order valence-electron chi connectivity index (χ3n) is 1.70. The number of hydrogen-bond donors (Lipinski definition) is 0. The molecule has 0 N–H and O–H groups in total. The molecular weight excluding hydrogens is 134 g/mol. The average molecular weight is 143 g/mol. The van der Waals surface area contributed by atoms with Crippen LogP contribution in [-0.2, 0) is 9.53 Å². The lowest BCUT2D eigenvalue weighted by molar-refractivity contribution is -0.124. The molecule has 4 heteroatoms. The third-order valence-corrected chi connectivity index (χ3v) is 1.70. The maximum Gasteiger partial charge on any atom is 0.417 e. The number of rotatable bonds is 1. The molecule has 1 saturated heterocycles. The summed E-state index contributed by atoms with van der Waals surface area (Å²) in [6.45, 7) is 2.77. The summed E-state index contributed by atoms with van der Waals surface area (Å²) in [5.74, 6) is 0. The van der Waals surface area contributed by atoms with E-state index < -0.39 is 6.09 Å². The average Bonchev–Trinajstić information content (AvgIpc) is 1.85. The summed E-state index contributed by atoms with van der Waals surface area (Å²) in [6.07, 6.45) is 0.460. The van der Waals surface area contributed by atoms with Crippen LogP contribution >= 0.6 is 0 Å². The number of nitrogens with zero attached hydrogens (tertiary/aromatic N) is 1. The zero-order valence-electron chi connectivity index (χ0n) is 5.74. The molecule has 10 heavy (non-hydrogen) atoms. The van der Waals surface area contributed by atoms with Gasteiger partial charge in [0.05, 0.1) is 0 Å². The molecule has 0 radical (unpaired) electrons. The largest absolute Gasteiger partial charge is 0.417 e. The Morgan fingerprint density at radius 3 is 2.80 bits per heavy atom. The van der Waals surface area contributed by atoms with Gasteiger partial charge in [0.25, 0.3) is 0 Å². The monoisotopic (exact) mass is 143 g/mol. The van der Waals surface area contributed by atoms with Gasteiger partial charge < -0.3 is 9.64 Å². The van der Waals surface area contributed by atoms with Gasteiger partial charge in [-0.15, -0.1) is 0 Å². The number of hydrogen-bond acceptors (Lipinski definition) is 3. The Morgan fingerprint density at radius 1 is 1.80 bits per heavy atom. The molecule has 0 bridgehead atoms. The van der Waals surface area contributed by atoms with E-state index in [2.05, 4.69) is 4.74 Å². The quantitative estimate of drug-likeness (QED) is 0.393. The Labute approximate surface area is 58.8 Å². The summed E-state index contributed by atoms with van der Waals surface area (Å²) >= 11 is 0. The van der Waals surface area contributed by atoms with E-state index in [0.717, 1.165) is 6.42 Å². The van der Waals surface area contributed by atoms with Crippen molar-refractivity contribution in [3.05, 3.63) is 0 Å². The second-order valence-electron chi connectivity index (χ2n) is 2.31. The molecule has 0 aromatic carbocycles. The van der Waals surface area contributed by atoms with E-state index in [-0.39, 0.29) is 12.5 Å². The number of ether oxygens (including phenoxy) is 1. The van der Waals surface area contributed by atoms with Crippen LogP contribution in [0.25, 0.3) is 0 Å². The van der Waals surface area contributed by atoms with Gasteiger partial charge in [0.1, 0.15) is 0 Å². The first-order valence-electron chi connectivity index (χ1n) is 3.16. The van der Waals surface area contributed by atoms with Crippen molar-refractivity contribution in [2.24, 2.45) is 0 Å². The van der Waals surface area contributed by atoms with Gasteiger partial charge in [-0.3, -0.25) is 4.79 Å². The van der Waals surface area contributed by atoms with E-state index in [0.29, 0.717) is 6.54 Å². The SMILES string of the molecule is CC1CCN1C(=O)OC=O. The lowest BCUT2D eigenvalue weighted by atomic mass is 10.1. The first kappa shape index (κ1) is 7.05. The standard InChI is InChI=1S/C6H9NO3/c1-5-2-3-7(5)6(9)10-4-8/h4-5H,2-3H2,1H3. The van der Waals surface area contributed by atoms with Crippen molar-refractivity contribution in [3.63, 3.8) is 0 Å². The highest BCUT2D eigenvalue weighted by Gasteiger charge is 2.29. The van der Waals surface area contributed by atoms with Gasteiger partial charge in [-0.2, -0.15) is 0 Å². The van der Waals surface area contributed by atoms with E-state index in [9.17, 15) is 9.59 Å². The van der Waals surface area contributed by atoms with E-state index in [1.165, 1.54) is 4.90 Å². The lowest BCUT2D eigenvalue weighted by Gasteiger charge is -2.36. The van der Waals surface area contributed by atoms with Gasteiger partial charge in [-0.25, -0.2) is 4.79 Å². The Bertz CT molecular complexity index is 157. The van der Waals surface area contributed by atoms with E-state index in [4.69, 9.17) is 0 Å². The summed E-state index contributed by atoms with van der Waals surface area (Å²) < 4.78 is 4.12. The molecule has 0 aromatic rings. The summed E-state index contributed by atoms with van der Waals surface area (Å²) in [7, 11) is 0. The Kier molecular flexibility index (Phi) is 1.89. The highest BCUT2D eigenvalue weighted by atomic mass is 16.6. The molecular formula is C6H9NO3. The van der Waals surface area contributed by atoms with Crippen molar-refractivity contribution in [1.82, 2.24) is 4.90 Å². The lowest BCUT2D eigenvalue weighted by Crippen LogP contribution is -2.49. The minimum atomic E-state index is -0.534. The van der Waals surface area contributed by atoms with Crippen LogP contribution in [-0.4, -0.2) is 30.1 Å². The molecule has 1 amide bonds. The highest BCUT2D eigenvalue weighted by molar-refractivity contribution is 5.75. The number of likely N-dealkylation sites (tertiary alicyclic amines) is 1. The van der Waals surface area contributed by atoms with Gasteiger partial charge in [0.2, 0.25) is 0 Å². The smallest absolute Gasteiger partial charge is 0.379 e. The molecule has 0 spiro atoms. The summed E-state index contributed by atoms with van der Waals surface area (Å²) in [5.41, 5.74) is 0. The van der Waals surface area contributed by atoms with E-state index >= 15 is 0 Å². The predicted molar refractivity (Wildman–Crippen MR) is 33.3 cm³/mol. The van der Waals surface area contributed by atoms with Crippen molar-refractivity contribution >= 4 is 12.6 Å². The molecule has 1 aliphatic heterocycles. The van der Waals surface area contributed by atoms with Crippen molar-refractivity contribution in [2.75, 3.05) is 6.54 Å². The number of carbonyl (C=O) groups excluding carboxylic acids is 2. The molecule has 4 nitrogen and oxygen atoms in total.